The molecule has 0 N–H and O–H groups in total. The van der Waals surface area contributed by atoms with E-state index in [0.717, 1.165) is 0 Å². The second-order valence-corrected chi connectivity index (χ2v) is 9.55. The van der Waals surface area contributed by atoms with Crippen molar-refractivity contribution >= 4 is 0 Å². The molecular formula is C33H52. The summed E-state index contributed by atoms with van der Waals surface area (Å²) in [5.41, 5.74) is 7.69. The van der Waals surface area contributed by atoms with Gasteiger partial charge in [0.05, 0.1) is 0 Å². The highest BCUT2D eigenvalue weighted by atomic mass is 14.4. The van der Waals surface area contributed by atoms with Gasteiger partial charge in [-0.25, -0.2) is 0 Å². The molecule has 0 amide bonds. The lowest BCUT2D eigenvalue weighted by atomic mass is 9.67. The maximum Gasteiger partial charge on any atom is 0.0114 e. The van der Waals surface area contributed by atoms with E-state index in [4.69, 9.17) is 0 Å². The second-order valence-electron chi connectivity index (χ2n) is 9.55. The van der Waals surface area contributed by atoms with Crippen molar-refractivity contribution in [2.75, 3.05) is 0 Å². The van der Waals surface area contributed by atoms with Gasteiger partial charge in [-0.1, -0.05) is 140 Å². The topological polar surface area (TPSA) is 0 Å². The van der Waals surface area contributed by atoms with Crippen molar-refractivity contribution in [1.82, 2.24) is 0 Å². The number of hydrogen-bond donors (Lipinski definition) is 0. The van der Waals surface area contributed by atoms with E-state index in [9.17, 15) is 0 Å². The molecule has 33 heavy (non-hydrogen) atoms. The average Bonchev–Trinajstić information content (AvgIpc) is 2.79. The number of hydrogen-bond acceptors (Lipinski definition) is 0. The van der Waals surface area contributed by atoms with Crippen LogP contribution in [0.1, 0.15) is 91.8 Å². The molecule has 0 bridgehead atoms. The van der Waals surface area contributed by atoms with Crippen molar-refractivity contribution in [3.8, 4) is 0 Å². The molecule has 1 aromatic rings. The van der Waals surface area contributed by atoms with Crippen molar-refractivity contribution in [3.05, 3.63) is 108 Å². The molecule has 0 aliphatic heterocycles. The first-order chi connectivity index (χ1) is 15.5. The lowest BCUT2D eigenvalue weighted by Crippen LogP contribution is -2.27. The fraction of sp³-hybridized carbons (Fsp3) is 0.455. The summed E-state index contributed by atoms with van der Waals surface area (Å²) in [5, 5.41) is 0. The molecule has 0 unspecified atom stereocenters. The maximum atomic E-state index is 3.36. The van der Waals surface area contributed by atoms with E-state index >= 15 is 0 Å². The summed E-state index contributed by atoms with van der Waals surface area (Å²) in [4.78, 5) is 0. The Hall–Kier alpha value is -2.34. The minimum atomic E-state index is 0.102. The van der Waals surface area contributed by atoms with Gasteiger partial charge in [0.1, 0.15) is 0 Å². The van der Waals surface area contributed by atoms with Crippen LogP contribution in [0.25, 0.3) is 0 Å². The van der Waals surface area contributed by atoms with Gasteiger partial charge in [0, 0.05) is 5.41 Å². The third-order valence-electron chi connectivity index (χ3n) is 5.45. The van der Waals surface area contributed by atoms with Gasteiger partial charge in [0.25, 0.3) is 0 Å². The van der Waals surface area contributed by atoms with Crippen LogP contribution < -0.4 is 0 Å². The van der Waals surface area contributed by atoms with E-state index in [2.05, 4.69) is 92.0 Å². The van der Waals surface area contributed by atoms with Gasteiger partial charge in [-0.3, -0.25) is 0 Å². The van der Waals surface area contributed by atoms with Crippen LogP contribution in [0.15, 0.2) is 91.1 Å². The summed E-state index contributed by atoms with van der Waals surface area (Å²) in [6.45, 7) is 30.9. The Bertz CT molecular complexity index is 798. The fourth-order valence-corrected chi connectivity index (χ4v) is 3.92. The molecule has 2 rings (SSSR count). The Morgan fingerprint density at radius 2 is 1.36 bits per heavy atom. The summed E-state index contributed by atoms with van der Waals surface area (Å²) < 4.78 is 0. The van der Waals surface area contributed by atoms with Gasteiger partial charge in [-0.2, -0.15) is 0 Å². The SMILES string of the molecule is C/C=C\C=C\C.C=CC=C.CC.Cc1ccc(C(C)(C)C2=C(C(C)(C)C)C=CCC2)c(C)c1. The molecule has 184 valence electrons. The summed E-state index contributed by atoms with van der Waals surface area (Å²) in [5.74, 6) is 0. The molecule has 0 saturated carbocycles. The van der Waals surface area contributed by atoms with Crippen LogP contribution in [0, 0.1) is 19.3 Å². The number of aryl methyl sites for hydroxylation is 2. The molecule has 0 heteroatoms. The van der Waals surface area contributed by atoms with E-state index in [1.165, 1.54) is 35.1 Å². The Morgan fingerprint density at radius 3 is 1.76 bits per heavy atom. The molecule has 1 aliphatic rings. The highest BCUT2D eigenvalue weighted by molar-refractivity contribution is 5.47. The molecule has 0 saturated heterocycles. The second kappa shape index (κ2) is 17.2. The first-order valence-electron chi connectivity index (χ1n) is 12.4. The van der Waals surface area contributed by atoms with Crippen LogP contribution in [0.2, 0.25) is 0 Å². The smallest absolute Gasteiger partial charge is 0.0114 e. The number of rotatable bonds is 4. The van der Waals surface area contributed by atoms with Crippen molar-refractivity contribution in [1.29, 1.82) is 0 Å². The molecule has 0 fully saturated rings. The van der Waals surface area contributed by atoms with Crippen molar-refractivity contribution in [2.45, 2.75) is 94.4 Å². The van der Waals surface area contributed by atoms with Crippen molar-refractivity contribution < 1.29 is 0 Å². The molecule has 0 radical (unpaired) electrons. The zero-order valence-corrected chi connectivity index (χ0v) is 23.7. The monoisotopic (exact) mass is 448 g/mol. The minimum Gasteiger partial charge on any atom is -0.0991 e. The minimum absolute atomic E-state index is 0.102. The zero-order valence-electron chi connectivity index (χ0n) is 23.7. The van der Waals surface area contributed by atoms with Crippen LogP contribution in [-0.2, 0) is 5.41 Å². The van der Waals surface area contributed by atoms with E-state index in [1.807, 2.05) is 52.0 Å². The third kappa shape index (κ3) is 11.9. The van der Waals surface area contributed by atoms with E-state index in [-0.39, 0.29) is 10.8 Å². The average molecular weight is 449 g/mol. The van der Waals surface area contributed by atoms with Gasteiger partial charge < -0.3 is 0 Å². The number of allylic oxidation sites excluding steroid dienone is 10. The Balaban J connectivity index is 0. The highest BCUT2D eigenvalue weighted by Crippen LogP contribution is 2.44. The van der Waals surface area contributed by atoms with Gasteiger partial charge in [-0.05, 0) is 62.7 Å². The Kier molecular flexibility index (Phi) is 17.1. The molecule has 0 spiro atoms. The van der Waals surface area contributed by atoms with Gasteiger partial charge in [-0.15, -0.1) is 0 Å². The molecular weight excluding hydrogens is 396 g/mol. The van der Waals surface area contributed by atoms with E-state index < -0.39 is 0 Å². The first kappa shape index (κ1) is 32.8. The first-order valence-corrected chi connectivity index (χ1v) is 12.4. The van der Waals surface area contributed by atoms with Gasteiger partial charge in [0.15, 0.2) is 0 Å². The van der Waals surface area contributed by atoms with Crippen LogP contribution >= 0.6 is 0 Å². The predicted octanol–water partition coefficient (Wildman–Crippen LogP) is 10.8. The van der Waals surface area contributed by atoms with Crippen LogP contribution in [0.4, 0.5) is 0 Å². The molecule has 0 aromatic heterocycles. The maximum absolute atomic E-state index is 3.36. The Morgan fingerprint density at radius 1 is 0.848 bits per heavy atom. The van der Waals surface area contributed by atoms with Crippen LogP contribution in [0.5, 0.6) is 0 Å². The molecule has 0 atom stereocenters. The molecule has 0 nitrogen and oxygen atoms in total. The molecule has 1 aliphatic carbocycles. The molecule has 0 heterocycles. The summed E-state index contributed by atoms with van der Waals surface area (Å²) in [7, 11) is 0. The van der Waals surface area contributed by atoms with Crippen molar-refractivity contribution in [3.63, 3.8) is 0 Å². The van der Waals surface area contributed by atoms with E-state index in [1.54, 1.807) is 17.7 Å². The highest BCUT2D eigenvalue weighted by Gasteiger charge is 2.32. The van der Waals surface area contributed by atoms with Gasteiger partial charge >= 0.3 is 0 Å². The van der Waals surface area contributed by atoms with Crippen LogP contribution in [-0.4, -0.2) is 0 Å². The third-order valence-corrected chi connectivity index (χ3v) is 5.45. The van der Waals surface area contributed by atoms with E-state index in [0.29, 0.717) is 0 Å². The van der Waals surface area contributed by atoms with Crippen molar-refractivity contribution in [2.24, 2.45) is 5.41 Å². The molecule has 1 aromatic carbocycles. The van der Waals surface area contributed by atoms with Crippen LogP contribution in [0.3, 0.4) is 0 Å². The predicted molar refractivity (Wildman–Crippen MR) is 155 cm³/mol. The van der Waals surface area contributed by atoms with Gasteiger partial charge in [0.2, 0.25) is 0 Å². The Labute approximate surface area is 207 Å². The fourth-order valence-electron chi connectivity index (χ4n) is 3.92. The largest absolute Gasteiger partial charge is 0.0991 e. The lowest BCUT2D eigenvalue weighted by Gasteiger charge is -2.37. The zero-order chi connectivity index (χ0) is 26.1. The summed E-state index contributed by atoms with van der Waals surface area (Å²) >= 11 is 0. The number of benzene rings is 1. The summed E-state index contributed by atoms with van der Waals surface area (Å²) in [6.07, 6.45) is 18.3. The summed E-state index contributed by atoms with van der Waals surface area (Å²) in [6, 6.07) is 6.89. The normalized spacial score (nSPS) is 13.4. The standard InChI is InChI=1S/C21H30.C6H10.C4H6.C2H6/c1-15-12-13-17(16(2)14-15)21(6,7)19-11-9-8-10-18(19)20(3,4)5;1-3-5-6-4-2;1-3-4-2;1-2/h8,10,12-14H,9,11H2,1-7H3;3-6H,1-2H3;3-4H,1-2H2;1-2H3/b;5-3-,6-4+;;. The quantitative estimate of drug-likeness (QED) is 0.402. The lowest BCUT2D eigenvalue weighted by molar-refractivity contribution is 0.477.